The summed E-state index contributed by atoms with van der Waals surface area (Å²) in [6.45, 7) is 0.967. The summed E-state index contributed by atoms with van der Waals surface area (Å²) in [6.07, 6.45) is 2.20. The summed E-state index contributed by atoms with van der Waals surface area (Å²) in [6, 6.07) is 4.02. The SMILES string of the molecule is COc1cc2c3c(c1)nc(Cl)n3CCC2. The minimum absolute atomic E-state index is 0.583. The molecule has 0 saturated carbocycles. The lowest BCUT2D eigenvalue weighted by atomic mass is 10.0. The first kappa shape index (κ1) is 9.04. The van der Waals surface area contributed by atoms with Gasteiger partial charge in [-0.25, -0.2) is 4.98 Å². The summed E-state index contributed by atoms with van der Waals surface area (Å²) in [5.74, 6) is 0.862. The van der Waals surface area contributed by atoms with Gasteiger partial charge in [-0.3, -0.25) is 0 Å². The van der Waals surface area contributed by atoms with Gasteiger partial charge in [0.25, 0.3) is 0 Å². The van der Waals surface area contributed by atoms with Gasteiger partial charge in [-0.1, -0.05) is 0 Å². The van der Waals surface area contributed by atoms with Crippen molar-refractivity contribution in [3.63, 3.8) is 0 Å². The third-order valence-corrected chi connectivity index (χ3v) is 3.20. The van der Waals surface area contributed by atoms with Crippen LogP contribution in [0.5, 0.6) is 5.75 Å². The van der Waals surface area contributed by atoms with Gasteiger partial charge >= 0.3 is 0 Å². The Morgan fingerprint density at radius 3 is 3.13 bits per heavy atom. The molecule has 4 heteroatoms. The maximum Gasteiger partial charge on any atom is 0.203 e. The zero-order chi connectivity index (χ0) is 10.4. The smallest absolute Gasteiger partial charge is 0.203 e. The molecule has 3 rings (SSSR count). The molecule has 2 heterocycles. The summed E-state index contributed by atoms with van der Waals surface area (Å²) in [5.41, 5.74) is 3.40. The Hall–Kier alpha value is -1.22. The van der Waals surface area contributed by atoms with Gasteiger partial charge in [0.2, 0.25) is 5.28 Å². The van der Waals surface area contributed by atoms with Crippen molar-refractivity contribution in [1.29, 1.82) is 0 Å². The second-order valence-corrected chi connectivity index (χ2v) is 4.13. The van der Waals surface area contributed by atoms with E-state index in [4.69, 9.17) is 16.3 Å². The predicted molar refractivity (Wildman–Crippen MR) is 59.6 cm³/mol. The van der Waals surface area contributed by atoms with Crippen molar-refractivity contribution in [1.82, 2.24) is 9.55 Å². The zero-order valence-electron chi connectivity index (χ0n) is 8.46. The van der Waals surface area contributed by atoms with Gasteiger partial charge in [0.05, 0.1) is 18.1 Å². The van der Waals surface area contributed by atoms with E-state index in [0.717, 1.165) is 30.7 Å². The fourth-order valence-electron chi connectivity index (χ4n) is 2.24. The highest BCUT2D eigenvalue weighted by Gasteiger charge is 2.17. The molecular formula is C11H11ClN2O. The monoisotopic (exact) mass is 222 g/mol. The largest absolute Gasteiger partial charge is 0.497 e. The second-order valence-electron chi connectivity index (χ2n) is 3.79. The highest BCUT2D eigenvalue weighted by Crippen LogP contribution is 2.31. The van der Waals surface area contributed by atoms with Crippen LogP contribution >= 0.6 is 11.6 Å². The van der Waals surface area contributed by atoms with Crippen molar-refractivity contribution < 1.29 is 4.74 Å². The van der Waals surface area contributed by atoms with E-state index in [1.165, 1.54) is 11.1 Å². The number of nitrogens with zero attached hydrogens (tertiary/aromatic N) is 2. The molecule has 2 aromatic rings. The lowest BCUT2D eigenvalue weighted by Gasteiger charge is -2.15. The molecule has 3 nitrogen and oxygen atoms in total. The molecule has 0 atom stereocenters. The maximum atomic E-state index is 6.08. The van der Waals surface area contributed by atoms with Crippen molar-refractivity contribution in [2.75, 3.05) is 7.11 Å². The van der Waals surface area contributed by atoms with Gasteiger partial charge in [0, 0.05) is 12.6 Å². The number of hydrogen-bond acceptors (Lipinski definition) is 2. The summed E-state index contributed by atoms with van der Waals surface area (Å²) in [7, 11) is 1.68. The number of ether oxygens (including phenoxy) is 1. The number of methoxy groups -OCH3 is 1. The number of rotatable bonds is 1. The first-order valence-electron chi connectivity index (χ1n) is 5.02. The van der Waals surface area contributed by atoms with E-state index in [-0.39, 0.29) is 0 Å². The number of halogens is 1. The van der Waals surface area contributed by atoms with Crippen LogP contribution in [-0.2, 0) is 13.0 Å². The minimum Gasteiger partial charge on any atom is -0.497 e. The fourth-order valence-corrected chi connectivity index (χ4v) is 2.50. The first-order chi connectivity index (χ1) is 7.29. The van der Waals surface area contributed by atoms with Crippen molar-refractivity contribution in [2.45, 2.75) is 19.4 Å². The molecule has 1 aliphatic rings. The summed E-state index contributed by atoms with van der Waals surface area (Å²) < 4.78 is 7.32. The van der Waals surface area contributed by atoms with E-state index in [1.807, 2.05) is 6.07 Å². The summed E-state index contributed by atoms with van der Waals surface area (Å²) in [5, 5.41) is 0.583. The molecule has 0 radical (unpaired) electrons. The van der Waals surface area contributed by atoms with Crippen molar-refractivity contribution >= 4 is 22.6 Å². The third-order valence-electron chi connectivity index (χ3n) is 2.91. The van der Waals surface area contributed by atoms with E-state index in [1.54, 1.807) is 7.11 Å². The van der Waals surface area contributed by atoms with Gasteiger partial charge in [0.15, 0.2) is 0 Å². The molecule has 15 heavy (non-hydrogen) atoms. The normalized spacial score (nSPS) is 14.5. The molecule has 0 unspecified atom stereocenters. The third kappa shape index (κ3) is 1.23. The molecule has 0 N–H and O–H groups in total. The van der Waals surface area contributed by atoms with Crippen molar-refractivity contribution in [3.05, 3.63) is 23.0 Å². The summed E-state index contributed by atoms with van der Waals surface area (Å²) in [4.78, 5) is 4.34. The number of aryl methyl sites for hydroxylation is 2. The number of aromatic nitrogens is 2. The minimum atomic E-state index is 0.583. The van der Waals surface area contributed by atoms with Crippen LogP contribution in [0.2, 0.25) is 5.28 Å². The molecular weight excluding hydrogens is 212 g/mol. The van der Waals surface area contributed by atoms with E-state index < -0.39 is 0 Å². The summed E-state index contributed by atoms with van der Waals surface area (Å²) >= 11 is 6.08. The molecule has 0 spiro atoms. The average molecular weight is 223 g/mol. The first-order valence-corrected chi connectivity index (χ1v) is 5.40. The van der Waals surface area contributed by atoms with Crippen LogP contribution in [0.1, 0.15) is 12.0 Å². The topological polar surface area (TPSA) is 27.1 Å². The molecule has 0 aliphatic carbocycles. The Bertz CT molecular complexity index is 533. The lowest BCUT2D eigenvalue weighted by molar-refractivity contribution is 0.414. The van der Waals surface area contributed by atoms with Crippen LogP contribution in [0, 0.1) is 0 Å². The van der Waals surface area contributed by atoms with Crippen LogP contribution < -0.4 is 4.74 Å². The van der Waals surface area contributed by atoms with Crippen LogP contribution in [0.25, 0.3) is 11.0 Å². The van der Waals surface area contributed by atoms with Crippen LogP contribution in [-0.4, -0.2) is 16.7 Å². The van der Waals surface area contributed by atoms with Crippen LogP contribution in [0.4, 0.5) is 0 Å². The molecule has 0 fully saturated rings. The Kier molecular flexibility index (Phi) is 1.89. The predicted octanol–water partition coefficient (Wildman–Crippen LogP) is 2.64. The maximum absolute atomic E-state index is 6.08. The molecule has 0 saturated heterocycles. The van der Waals surface area contributed by atoms with Crippen molar-refractivity contribution in [3.8, 4) is 5.75 Å². The quantitative estimate of drug-likeness (QED) is 0.742. The second kappa shape index (κ2) is 3.14. The highest BCUT2D eigenvalue weighted by molar-refractivity contribution is 6.29. The Morgan fingerprint density at radius 1 is 1.47 bits per heavy atom. The van der Waals surface area contributed by atoms with Gasteiger partial charge in [0.1, 0.15) is 5.75 Å². The molecule has 0 amide bonds. The van der Waals surface area contributed by atoms with Crippen LogP contribution in [0.3, 0.4) is 0 Å². The highest BCUT2D eigenvalue weighted by atomic mass is 35.5. The van der Waals surface area contributed by atoms with Gasteiger partial charge in [-0.05, 0) is 36.1 Å². The molecule has 78 valence electrons. The number of imidazole rings is 1. The average Bonchev–Trinajstić information content (AvgIpc) is 2.58. The van der Waals surface area contributed by atoms with Crippen molar-refractivity contribution in [2.24, 2.45) is 0 Å². The zero-order valence-corrected chi connectivity index (χ0v) is 9.21. The fraction of sp³-hybridized carbons (Fsp3) is 0.364. The number of hydrogen-bond donors (Lipinski definition) is 0. The van der Waals surface area contributed by atoms with E-state index in [9.17, 15) is 0 Å². The van der Waals surface area contributed by atoms with Gasteiger partial charge < -0.3 is 9.30 Å². The molecule has 1 aromatic heterocycles. The van der Waals surface area contributed by atoms with Gasteiger partial charge in [-0.2, -0.15) is 0 Å². The van der Waals surface area contributed by atoms with Gasteiger partial charge in [-0.15, -0.1) is 0 Å². The molecule has 1 aromatic carbocycles. The Labute approximate surface area is 92.6 Å². The Morgan fingerprint density at radius 2 is 2.33 bits per heavy atom. The Balaban J connectivity index is 2.39. The van der Waals surface area contributed by atoms with E-state index in [2.05, 4.69) is 15.6 Å². The van der Waals surface area contributed by atoms with E-state index >= 15 is 0 Å². The number of benzene rings is 1. The lowest BCUT2D eigenvalue weighted by Crippen LogP contribution is -2.07. The molecule has 0 bridgehead atoms. The van der Waals surface area contributed by atoms with E-state index in [0.29, 0.717) is 5.28 Å². The molecule has 1 aliphatic heterocycles. The standard InChI is InChI=1S/C11H11ClN2O/c1-15-8-5-7-3-2-4-14-10(7)9(6-8)13-11(14)12/h5-6H,2-4H2,1H3. The van der Waals surface area contributed by atoms with Crippen LogP contribution in [0.15, 0.2) is 12.1 Å².